The fraction of sp³-hybridized carbons (Fsp3) is 0.562. The monoisotopic (exact) mass is 290 g/mol. The van der Waals surface area contributed by atoms with E-state index in [0.717, 1.165) is 37.1 Å². The molecule has 1 saturated heterocycles. The molecule has 0 spiro atoms. The number of nitrogens with zero attached hydrogens (tertiary/aromatic N) is 1. The molecule has 114 valence electrons. The first-order valence-electron chi connectivity index (χ1n) is 7.58. The van der Waals surface area contributed by atoms with E-state index in [1.54, 1.807) is 0 Å². The number of ether oxygens (including phenoxy) is 2. The molecule has 1 aromatic rings. The van der Waals surface area contributed by atoms with Crippen LogP contribution >= 0.6 is 0 Å². The Kier molecular flexibility index (Phi) is 4.53. The zero-order valence-electron chi connectivity index (χ0n) is 12.2. The molecule has 5 heteroatoms. The number of amides is 1. The van der Waals surface area contributed by atoms with Crippen LogP contribution in [0.3, 0.4) is 0 Å². The average Bonchev–Trinajstić information content (AvgIpc) is 3.00. The Labute approximate surface area is 125 Å². The van der Waals surface area contributed by atoms with Crippen molar-refractivity contribution in [1.29, 1.82) is 0 Å². The van der Waals surface area contributed by atoms with Gasteiger partial charge in [-0.15, -0.1) is 0 Å². The van der Waals surface area contributed by atoms with Crippen LogP contribution in [0.5, 0.6) is 0 Å². The molecular formula is C16H22N2O3. The molecule has 2 aliphatic heterocycles. The molecule has 0 aromatic heterocycles. The Balaban J connectivity index is 1.59. The van der Waals surface area contributed by atoms with Crippen LogP contribution in [-0.2, 0) is 22.7 Å². The lowest BCUT2D eigenvalue weighted by atomic mass is 10.0. The van der Waals surface area contributed by atoms with Gasteiger partial charge in [0.05, 0.1) is 25.9 Å². The van der Waals surface area contributed by atoms with E-state index in [1.165, 1.54) is 5.56 Å². The topological polar surface area (TPSA) is 64.8 Å². The van der Waals surface area contributed by atoms with Crippen molar-refractivity contribution in [1.82, 2.24) is 4.90 Å². The number of likely N-dealkylation sites (tertiary alicyclic amines) is 1. The quantitative estimate of drug-likeness (QED) is 0.907. The molecule has 0 saturated carbocycles. The molecule has 0 unspecified atom stereocenters. The molecule has 1 amide bonds. The van der Waals surface area contributed by atoms with Crippen molar-refractivity contribution in [2.24, 2.45) is 5.73 Å². The van der Waals surface area contributed by atoms with Gasteiger partial charge in [-0.05, 0) is 36.1 Å². The van der Waals surface area contributed by atoms with Crippen LogP contribution in [0.25, 0.3) is 0 Å². The summed E-state index contributed by atoms with van der Waals surface area (Å²) in [5, 5.41) is 0. The predicted molar refractivity (Wildman–Crippen MR) is 78.9 cm³/mol. The van der Waals surface area contributed by atoms with Gasteiger partial charge in [0.25, 0.3) is 5.91 Å². The minimum Gasteiger partial charge on any atom is -0.377 e. The second kappa shape index (κ2) is 6.56. The summed E-state index contributed by atoms with van der Waals surface area (Å²) in [7, 11) is 0. The number of carbonyl (C=O) groups excluding carboxylic acids is 1. The van der Waals surface area contributed by atoms with Gasteiger partial charge < -0.3 is 20.1 Å². The Morgan fingerprint density at radius 2 is 2.05 bits per heavy atom. The van der Waals surface area contributed by atoms with Crippen molar-refractivity contribution < 1.29 is 14.3 Å². The first-order valence-corrected chi connectivity index (χ1v) is 7.58. The van der Waals surface area contributed by atoms with Crippen LogP contribution in [0.15, 0.2) is 18.2 Å². The van der Waals surface area contributed by atoms with Gasteiger partial charge in [0.1, 0.15) is 0 Å². The largest absolute Gasteiger partial charge is 0.377 e. The van der Waals surface area contributed by atoms with Gasteiger partial charge >= 0.3 is 0 Å². The molecule has 0 radical (unpaired) electrons. The standard InChI is InChI=1S/C16H22N2O3/c17-5-8-21-15-3-6-18(7-4-15)16(19)12-1-2-13-10-20-11-14(13)9-12/h1-2,9,15H,3-8,10-11,17H2. The SMILES string of the molecule is NCCOC1CCN(C(=O)c2ccc3c(c2)COC3)CC1. The van der Waals surface area contributed by atoms with E-state index < -0.39 is 0 Å². The summed E-state index contributed by atoms with van der Waals surface area (Å²) < 4.78 is 11.0. The molecule has 2 aliphatic rings. The molecule has 0 bridgehead atoms. The number of carbonyl (C=O) groups is 1. The zero-order chi connectivity index (χ0) is 14.7. The van der Waals surface area contributed by atoms with Gasteiger partial charge in [0.15, 0.2) is 0 Å². The minimum atomic E-state index is 0.113. The highest BCUT2D eigenvalue weighted by atomic mass is 16.5. The van der Waals surface area contributed by atoms with Gasteiger partial charge in [0, 0.05) is 25.2 Å². The number of fused-ring (bicyclic) bond motifs is 1. The third kappa shape index (κ3) is 3.26. The van der Waals surface area contributed by atoms with Crippen LogP contribution in [0, 0.1) is 0 Å². The van der Waals surface area contributed by atoms with E-state index in [0.29, 0.717) is 26.4 Å². The summed E-state index contributed by atoms with van der Waals surface area (Å²) in [6, 6.07) is 5.89. The molecule has 5 nitrogen and oxygen atoms in total. The first-order chi connectivity index (χ1) is 10.3. The first kappa shape index (κ1) is 14.5. The summed E-state index contributed by atoms with van der Waals surface area (Å²) in [6.45, 7) is 3.93. The number of nitrogens with two attached hydrogens (primary N) is 1. The van der Waals surface area contributed by atoms with E-state index >= 15 is 0 Å². The Hall–Kier alpha value is -1.43. The van der Waals surface area contributed by atoms with Crippen molar-refractivity contribution in [3.05, 3.63) is 34.9 Å². The van der Waals surface area contributed by atoms with Gasteiger partial charge in [0.2, 0.25) is 0 Å². The third-order valence-electron chi connectivity index (χ3n) is 4.17. The summed E-state index contributed by atoms with van der Waals surface area (Å²) in [5.74, 6) is 0.113. The summed E-state index contributed by atoms with van der Waals surface area (Å²) in [6.07, 6.45) is 2.02. The summed E-state index contributed by atoms with van der Waals surface area (Å²) in [5.41, 5.74) is 8.54. The van der Waals surface area contributed by atoms with Gasteiger partial charge in [-0.3, -0.25) is 4.79 Å². The molecule has 21 heavy (non-hydrogen) atoms. The second-order valence-electron chi connectivity index (χ2n) is 5.63. The number of piperidine rings is 1. The fourth-order valence-corrected chi connectivity index (χ4v) is 2.95. The van der Waals surface area contributed by atoms with E-state index in [1.807, 2.05) is 23.1 Å². The van der Waals surface area contributed by atoms with Crippen LogP contribution in [-0.4, -0.2) is 43.2 Å². The smallest absolute Gasteiger partial charge is 0.253 e. The van der Waals surface area contributed by atoms with Crippen molar-refractivity contribution in [3.8, 4) is 0 Å². The highest BCUT2D eigenvalue weighted by Crippen LogP contribution is 2.23. The van der Waals surface area contributed by atoms with Crippen molar-refractivity contribution in [3.63, 3.8) is 0 Å². The van der Waals surface area contributed by atoms with Crippen LogP contribution in [0.2, 0.25) is 0 Å². The molecule has 0 atom stereocenters. The third-order valence-corrected chi connectivity index (χ3v) is 4.17. The molecule has 2 N–H and O–H groups in total. The van der Waals surface area contributed by atoms with E-state index in [2.05, 4.69) is 0 Å². The highest BCUT2D eigenvalue weighted by Gasteiger charge is 2.24. The van der Waals surface area contributed by atoms with Crippen LogP contribution in [0.4, 0.5) is 0 Å². The van der Waals surface area contributed by atoms with Crippen LogP contribution in [0.1, 0.15) is 34.3 Å². The number of benzene rings is 1. The van der Waals surface area contributed by atoms with Crippen molar-refractivity contribution in [2.75, 3.05) is 26.2 Å². The van der Waals surface area contributed by atoms with E-state index in [9.17, 15) is 4.79 Å². The van der Waals surface area contributed by atoms with Gasteiger partial charge in [-0.25, -0.2) is 0 Å². The molecule has 0 aliphatic carbocycles. The normalized spacial score (nSPS) is 18.8. The summed E-state index contributed by atoms with van der Waals surface area (Å²) in [4.78, 5) is 14.5. The lowest BCUT2D eigenvalue weighted by Crippen LogP contribution is -2.41. The predicted octanol–water partition coefficient (Wildman–Crippen LogP) is 1.30. The highest BCUT2D eigenvalue weighted by molar-refractivity contribution is 5.94. The van der Waals surface area contributed by atoms with Crippen LogP contribution < -0.4 is 5.73 Å². The minimum absolute atomic E-state index is 0.113. The molecule has 1 aromatic carbocycles. The zero-order valence-corrected chi connectivity index (χ0v) is 12.2. The maximum Gasteiger partial charge on any atom is 0.253 e. The average molecular weight is 290 g/mol. The van der Waals surface area contributed by atoms with E-state index in [-0.39, 0.29) is 12.0 Å². The fourth-order valence-electron chi connectivity index (χ4n) is 2.95. The molecule has 2 heterocycles. The lowest BCUT2D eigenvalue weighted by Gasteiger charge is -2.32. The maximum absolute atomic E-state index is 12.5. The second-order valence-corrected chi connectivity index (χ2v) is 5.63. The van der Waals surface area contributed by atoms with E-state index in [4.69, 9.17) is 15.2 Å². The summed E-state index contributed by atoms with van der Waals surface area (Å²) >= 11 is 0. The maximum atomic E-state index is 12.5. The molecule has 3 rings (SSSR count). The van der Waals surface area contributed by atoms with Gasteiger partial charge in [-0.1, -0.05) is 6.07 Å². The number of hydrogen-bond acceptors (Lipinski definition) is 4. The Bertz CT molecular complexity index is 510. The van der Waals surface area contributed by atoms with Crippen molar-refractivity contribution >= 4 is 5.91 Å². The number of hydrogen-bond donors (Lipinski definition) is 1. The Morgan fingerprint density at radius 3 is 2.81 bits per heavy atom. The Morgan fingerprint density at radius 1 is 1.29 bits per heavy atom. The van der Waals surface area contributed by atoms with Crippen molar-refractivity contribution in [2.45, 2.75) is 32.2 Å². The van der Waals surface area contributed by atoms with Gasteiger partial charge in [-0.2, -0.15) is 0 Å². The molecular weight excluding hydrogens is 268 g/mol. The molecule has 1 fully saturated rings. The number of rotatable bonds is 4. The lowest BCUT2D eigenvalue weighted by molar-refractivity contribution is 0.0122.